The van der Waals surface area contributed by atoms with E-state index in [1.54, 1.807) is 0 Å². The molecular weight excluding hydrogens is 262 g/mol. The normalized spacial score (nSPS) is 53.0. The molecule has 0 radical (unpaired) electrons. The van der Waals surface area contributed by atoms with E-state index in [0.29, 0.717) is 41.8 Å². The van der Waals surface area contributed by atoms with Crippen LogP contribution in [0.15, 0.2) is 0 Å². The van der Waals surface area contributed by atoms with Crippen LogP contribution in [0.25, 0.3) is 0 Å². The Labute approximate surface area is 127 Å². The van der Waals surface area contributed by atoms with Gasteiger partial charge in [0, 0.05) is 42.5 Å². The molecule has 5 fully saturated rings. The second kappa shape index (κ2) is 4.77. The number of carbonyl (C=O) groups is 1. The summed E-state index contributed by atoms with van der Waals surface area (Å²) in [5.74, 6) is 2.05. The van der Waals surface area contributed by atoms with Gasteiger partial charge in [-0.15, -0.1) is 0 Å². The standard InChI is InChI=1S/C17H27N3O/c21-17-10-6-8-18-9-14(10)20-13-5-2-7-19-15(13)11-3-1-4-12(17)16(11)20/h10-16,18-19H,1-9H2. The second-order valence-corrected chi connectivity index (χ2v) is 7.90. The number of piperidine rings is 3. The molecule has 4 nitrogen and oxygen atoms in total. The molecule has 2 N–H and O–H groups in total. The van der Waals surface area contributed by atoms with E-state index in [4.69, 9.17) is 0 Å². The third kappa shape index (κ3) is 1.70. The van der Waals surface area contributed by atoms with Gasteiger partial charge in [-0.2, -0.15) is 0 Å². The molecule has 5 rings (SSSR count). The van der Waals surface area contributed by atoms with Crippen LogP contribution in [0.5, 0.6) is 0 Å². The van der Waals surface area contributed by atoms with Crippen molar-refractivity contribution in [3.8, 4) is 0 Å². The highest BCUT2D eigenvalue weighted by Crippen LogP contribution is 2.51. The van der Waals surface area contributed by atoms with Gasteiger partial charge in [-0.05, 0) is 51.1 Å². The van der Waals surface area contributed by atoms with Crippen LogP contribution in [0.1, 0.15) is 38.5 Å². The minimum Gasteiger partial charge on any atom is -0.315 e. The fraction of sp³-hybridized carbons (Fsp3) is 0.941. The predicted molar refractivity (Wildman–Crippen MR) is 81.0 cm³/mol. The first-order valence-electron chi connectivity index (χ1n) is 9.11. The molecule has 116 valence electrons. The first-order chi connectivity index (χ1) is 10.4. The van der Waals surface area contributed by atoms with Crippen molar-refractivity contribution < 1.29 is 4.79 Å². The topological polar surface area (TPSA) is 44.4 Å². The third-order valence-corrected chi connectivity index (χ3v) is 7.13. The lowest BCUT2D eigenvalue weighted by Gasteiger charge is -2.52. The number of carbonyl (C=O) groups excluding carboxylic acids is 1. The molecule has 21 heavy (non-hydrogen) atoms. The molecule has 0 bridgehead atoms. The Morgan fingerprint density at radius 2 is 1.90 bits per heavy atom. The largest absolute Gasteiger partial charge is 0.315 e. The maximum Gasteiger partial charge on any atom is 0.142 e. The Bertz CT molecular complexity index is 453. The number of hydrogen-bond acceptors (Lipinski definition) is 4. The van der Waals surface area contributed by atoms with E-state index in [-0.39, 0.29) is 0 Å². The average molecular weight is 289 g/mol. The van der Waals surface area contributed by atoms with Gasteiger partial charge in [0.25, 0.3) is 0 Å². The highest BCUT2D eigenvalue weighted by molar-refractivity contribution is 5.86. The summed E-state index contributed by atoms with van der Waals surface area (Å²) in [6.07, 6.45) is 7.48. The van der Waals surface area contributed by atoms with E-state index >= 15 is 0 Å². The van der Waals surface area contributed by atoms with E-state index in [1.807, 2.05) is 0 Å². The summed E-state index contributed by atoms with van der Waals surface area (Å²) >= 11 is 0. The van der Waals surface area contributed by atoms with Crippen LogP contribution in [0.3, 0.4) is 0 Å². The van der Waals surface area contributed by atoms with E-state index in [2.05, 4.69) is 15.5 Å². The van der Waals surface area contributed by atoms with Crippen LogP contribution >= 0.6 is 0 Å². The molecule has 7 atom stereocenters. The van der Waals surface area contributed by atoms with E-state index in [1.165, 1.54) is 32.2 Å². The minimum absolute atomic E-state index is 0.326. The number of ketones is 1. The van der Waals surface area contributed by atoms with Crippen LogP contribution in [-0.4, -0.2) is 54.5 Å². The first-order valence-corrected chi connectivity index (χ1v) is 9.11. The van der Waals surface area contributed by atoms with E-state index in [9.17, 15) is 4.79 Å². The second-order valence-electron chi connectivity index (χ2n) is 7.90. The number of Topliss-reactive ketones (excluding diaryl/α,β-unsaturated/α-hetero) is 1. The van der Waals surface area contributed by atoms with Gasteiger partial charge in [0.05, 0.1) is 0 Å². The summed E-state index contributed by atoms with van der Waals surface area (Å²) in [7, 11) is 0. The SMILES string of the molecule is O=C1C2CCNCC2N2C3CCCNC3C3CCCC1C32. The van der Waals surface area contributed by atoms with Gasteiger partial charge in [-0.1, -0.05) is 6.42 Å². The van der Waals surface area contributed by atoms with Crippen LogP contribution in [0.2, 0.25) is 0 Å². The van der Waals surface area contributed by atoms with Crippen LogP contribution in [0.4, 0.5) is 0 Å². The lowest BCUT2D eigenvalue weighted by Crippen LogP contribution is -2.65. The highest BCUT2D eigenvalue weighted by Gasteiger charge is 2.61. The fourth-order valence-electron chi connectivity index (χ4n) is 6.46. The smallest absolute Gasteiger partial charge is 0.142 e. The molecule has 0 spiro atoms. The molecule has 0 amide bonds. The van der Waals surface area contributed by atoms with Crippen LogP contribution in [0, 0.1) is 17.8 Å². The highest BCUT2D eigenvalue weighted by atomic mass is 16.1. The molecule has 0 aromatic carbocycles. The fourth-order valence-corrected chi connectivity index (χ4v) is 6.46. The molecule has 7 unspecified atom stereocenters. The van der Waals surface area contributed by atoms with Crippen molar-refractivity contribution in [2.24, 2.45) is 17.8 Å². The van der Waals surface area contributed by atoms with Gasteiger partial charge in [-0.25, -0.2) is 0 Å². The lowest BCUT2D eigenvalue weighted by atomic mass is 9.67. The van der Waals surface area contributed by atoms with Gasteiger partial charge < -0.3 is 10.6 Å². The monoisotopic (exact) mass is 289 g/mol. The Morgan fingerprint density at radius 1 is 0.952 bits per heavy atom. The van der Waals surface area contributed by atoms with E-state index < -0.39 is 0 Å². The Balaban J connectivity index is 1.57. The summed E-state index contributed by atoms with van der Waals surface area (Å²) in [4.78, 5) is 15.9. The molecule has 1 aliphatic carbocycles. The molecule has 4 saturated heterocycles. The number of fused-ring (bicyclic) bond motifs is 5. The predicted octanol–water partition coefficient (Wildman–Crippen LogP) is 0.768. The van der Waals surface area contributed by atoms with Gasteiger partial charge in [0.2, 0.25) is 0 Å². The van der Waals surface area contributed by atoms with Crippen molar-refractivity contribution >= 4 is 5.78 Å². The summed E-state index contributed by atoms with van der Waals surface area (Å²) < 4.78 is 0. The average Bonchev–Trinajstić information content (AvgIpc) is 2.88. The Kier molecular flexibility index (Phi) is 2.96. The molecule has 4 aliphatic heterocycles. The van der Waals surface area contributed by atoms with Crippen molar-refractivity contribution in [2.45, 2.75) is 62.7 Å². The summed E-state index contributed by atoms with van der Waals surface area (Å²) in [5, 5.41) is 7.39. The van der Waals surface area contributed by atoms with Crippen molar-refractivity contribution in [2.75, 3.05) is 19.6 Å². The van der Waals surface area contributed by atoms with Crippen LogP contribution < -0.4 is 10.6 Å². The number of rotatable bonds is 0. The molecule has 0 aromatic rings. The quantitative estimate of drug-likeness (QED) is 0.691. The third-order valence-electron chi connectivity index (χ3n) is 7.13. The summed E-state index contributed by atoms with van der Waals surface area (Å²) in [5.41, 5.74) is 0. The number of hydrogen-bond donors (Lipinski definition) is 2. The van der Waals surface area contributed by atoms with Gasteiger partial charge >= 0.3 is 0 Å². The zero-order valence-electron chi connectivity index (χ0n) is 12.8. The Hall–Kier alpha value is -0.450. The molecule has 1 saturated carbocycles. The van der Waals surface area contributed by atoms with Gasteiger partial charge in [-0.3, -0.25) is 9.69 Å². The number of nitrogens with one attached hydrogen (secondary N) is 2. The van der Waals surface area contributed by atoms with E-state index in [0.717, 1.165) is 31.8 Å². The molecule has 4 heterocycles. The molecular formula is C17H27N3O. The Morgan fingerprint density at radius 3 is 2.86 bits per heavy atom. The van der Waals surface area contributed by atoms with Crippen molar-refractivity contribution in [3.05, 3.63) is 0 Å². The zero-order chi connectivity index (χ0) is 14.0. The van der Waals surface area contributed by atoms with Crippen molar-refractivity contribution in [1.82, 2.24) is 15.5 Å². The molecule has 5 aliphatic rings. The first kappa shape index (κ1) is 13.0. The lowest BCUT2D eigenvalue weighted by molar-refractivity contribution is -0.143. The zero-order valence-corrected chi connectivity index (χ0v) is 12.8. The van der Waals surface area contributed by atoms with Crippen molar-refractivity contribution in [3.63, 3.8) is 0 Å². The van der Waals surface area contributed by atoms with Crippen molar-refractivity contribution in [1.29, 1.82) is 0 Å². The summed E-state index contributed by atoms with van der Waals surface area (Å²) in [6.45, 7) is 3.26. The number of nitrogens with zero attached hydrogens (tertiary/aromatic N) is 1. The maximum absolute atomic E-state index is 13.0. The van der Waals surface area contributed by atoms with Crippen LogP contribution in [-0.2, 0) is 4.79 Å². The van der Waals surface area contributed by atoms with Gasteiger partial charge in [0.15, 0.2) is 0 Å². The summed E-state index contributed by atoms with van der Waals surface area (Å²) in [6, 6.07) is 2.42. The minimum atomic E-state index is 0.326. The molecule has 0 aromatic heterocycles. The van der Waals surface area contributed by atoms with Gasteiger partial charge in [0.1, 0.15) is 5.78 Å². The molecule has 4 heteroatoms. The maximum atomic E-state index is 13.0.